The van der Waals surface area contributed by atoms with Gasteiger partial charge in [0.05, 0.1) is 0 Å². The van der Waals surface area contributed by atoms with E-state index in [-0.39, 0.29) is 6.03 Å². The number of allylic oxidation sites excluding steroid dienone is 1. The Morgan fingerprint density at radius 2 is 2.12 bits per heavy atom. The van der Waals surface area contributed by atoms with Gasteiger partial charge in [-0.2, -0.15) is 0 Å². The van der Waals surface area contributed by atoms with Gasteiger partial charge in [-0.05, 0) is 45.4 Å². The molecule has 3 nitrogen and oxygen atoms in total. The molecule has 0 saturated heterocycles. The zero-order valence-corrected chi connectivity index (χ0v) is 10.9. The number of nitrogens with zero attached hydrogens (tertiary/aromatic N) is 1. The van der Waals surface area contributed by atoms with Crippen molar-refractivity contribution in [2.24, 2.45) is 0 Å². The molecule has 0 aromatic heterocycles. The van der Waals surface area contributed by atoms with E-state index in [0.29, 0.717) is 6.54 Å². The molecule has 0 heterocycles. The first-order valence-electron chi connectivity index (χ1n) is 5.82. The summed E-state index contributed by atoms with van der Waals surface area (Å²) in [4.78, 5) is 13.7. The van der Waals surface area contributed by atoms with Gasteiger partial charge in [0.1, 0.15) is 0 Å². The first kappa shape index (κ1) is 13.3. The number of anilines is 1. The van der Waals surface area contributed by atoms with Crippen LogP contribution in [0.4, 0.5) is 10.5 Å². The summed E-state index contributed by atoms with van der Waals surface area (Å²) in [5.41, 5.74) is 3.14. The smallest absolute Gasteiger partial charge is 0.314 e. The molecule has 1 aromatic carbocycles. The number of hydrogen-bond acceptors (Lipinski definition) is 1. The average Bonchev–Trinajstić information content (AvgIpc) is 2.27. The number of benzene rings is 1. The van der Waals surface area contributed by atoms with Gasteiger partial charge in [0.2, 0.25) is 0 Å². The second-order valence-electron chi connectivity index (χ2n) is 4.25. The van der Waals surface area contributed by atoms with Crippen molar-refractivity contribution in [1.29, 1.82) is 0 Å². The Hall–Kier alpha value is -1.77. The molecular weight excluding hydrogens is 212 g/mol. The minimum Gasteiger partial charge on any atom is -0.314 e. The Morgan fingerprint density at radius 3 is 2.65 bits per heavy atom. The van der Waals surface area contributed by atoms with Crippen molar-refractivity contribution >= 4 is 11.7 Å². The maximum absolute atomic E-state index is 12.0. The Balaban J connectivity index is 2.84. The van der Waals surface area contributed by atoms with Crippen LogP contribution in [0.15, 0.2) is 36.0 Å². The van der Waals surface area contributed by atoms with E-state index >= 15 is 0 Å². The van der Waals surface area contributed by atoms with Crippen molar-refractivity contribution in [3.05, 3.63) is 41.6 Å². The average molecular weight is 232 g/mol. The SMILES string of the molecule is CCN(C(=O)NC=C(C)C)c1cccc(C)c1. The van der Waals surface area contributed by atoms with Gasteiger partial charge in [-0.15, -0.1) is 0 Å². The predicted octanol–water partition coefficient (Wildman–Crippen LogP) is 3.45. The molecule has 2 amide bonds. The lowest BCUT2D eigenvalue weighted by Crippen LogP contribution is -2.37. The fourth-order valence-electron chi connectivity index (χ4n) is 1.52. The van der Waals surface area contributed by atoms with Crippen LogP contribution in [0, 0.1) is 6.92 Å². The largest absolute Gasteiger partial charge is 0.325 e. The number of carbonyl (C=O) groups excluding carboxylic acids is 1. The van der Waals surface area contributed by atoms with E-state index in [0.717, 1.165) is 16.8 Å². The van der Waals surface area contributed by atoms with Crippen LogP contribution in [0.2, 0.25) is 0 Å². The molecule has 1 rings (SSSR count). The van der Waals surface area contributed by atoms with Gasteiger partial charge >= 0.3 is 6.03 Å². The summed E-state index contributed by atoms with van der Waals surface area (Å²) >= 11 is 0. The third-order valence-electron chi connectivity index (χ3n) is 2.36. The molecule has 0 aliphatic rings. The minimum atomic E-state index is -0.0979. The number of carbonyl (C=O) groups is 1. The maximum Gasteiger partial charge on any atom is 0.325 e. The van der Waals surface area contributed by atoms with Gasteiger partial charge in [-0.25, -0.2) is 4.79 Å². The van der Waals surface area contributed by atoms with Crippen LogP contribution < -0.4 is 10.2 Å². The molecule has 92 valence electrons. The molecule has 0 spiro atoms. The van der Waals surface area contributed by atoms with Crippen LogP contribution >= 0.6 is 0 Å². The summed E-state index contributed by atoms with van der Waals surface area (Å²) < 4.78 is 0. The molecule has 0 unspecified atom stereocenters. The lowest BCUT2D eigenvalue weighted by Gasteiger charge is -2.21. The van der Waals surface area contributed by atoms with Gasteiger partial charge < -0.3 is 5.32 Å². The third-order valence-corrected chi connectivity index (χ3v) is 2.36. The monoisotopic (exact) mass is 232 g/mol. The molecule has 0 fully saturated rings. The van der Waals surface area contributed by atoms with Crippen molar-refractivity contribution in [3.63, 3.8) is 0 Å². The summed E-state index contributed by atoms with van der Waals surface area (Å²) in [7, 11) is 0. The fourth-order valence-corrected chi connectivity index (χ4v) is 1.52. The molecule has 0 bridgehead atoms. The second kappa shape index (κ2) is 6.09. The van der Waals surface area contributed by atoms with E-state index in [1.54, 1.807) is 11.1 Å². The number of aryl methyl sites for hydroxylation is 1. The van der Waals surface area contributed by atoms with Gasteiger partial charge in [-0.3, -0.25) is 4.90 Å². The summed E-state index contributed by atoms with van der Waals surface area (Å²) in [5.74, 6) is 0. The van der Waals surface area contributed by atoms with Gasteiger partial charge in [0, 0.05) is 18.4 Å². The molecule has 1 aromatic rings. The molecule has 0 aliphatic carbocycles. The van der Waals surface area contributed by atoms with Crippen LogP contribution in [0.5, 0.6) is 0 Å². The first-order valence-corrected chi connectivity index (χ1v) is 5.82. The summed E-state index contributed by atoms with van der Waals surface area (Å²) in [6, 6.07) is 7.83. The minimum absolute atomic E-state index is 0.0979. The highest BCUT2D eigenvalue weighted by Crippen LogP contribution is 2.15. The van der Waals surface area contributed by atoms with Crippen molar-refractivity contribution in [3.8, 4) is 0 Å². The lowest BCUT2D eigenvalue weighted by molar-refractivity contribution is 0.249. The summed E-state index contributed by atoms with van der Waals surface area (Å²) in [6.07, 6.45) is 1.72. The normalized spacial score (nSPS) is 9.65. The number of hydrogen-bond donors (Lipinski definition) is 1. The van der Waals surface area contributed by atoms with Crippen LogP contribution in [-0.4, -0.2) is 12.6 Å². The Labute approximate surface area is 103 Å². The van der Waals surface area contributed by atoms with Crippen molar-refractivity contribution in [2.75, 3.05) is 11.4 Å². The standard InChI is InChI=1S/C14H20N2O/c1-5-16(14(17)15-10-11(2)3)13-8-6-7-12(4)9-13/h6-10H,5H2,1-4H3,(H,15,17). The van der Waals surface area contributed by atoms with Crippen LogP contribution in [0.3, 0.4) is 0 Å². The fraction of sp³-hybridized carbons (Fsp3) is 0.357. The molecular formula is C14H20N2O. The van der Waals surface area contributed by atoms with E-state index in [1.165, 1.54) is 0 Å². The van der Waals surface area contributed by atoms with Gasteiger partial charge in [0.25, 0.3) is 0 Å². The topological polar surface area (TPSA) is 32.3 Å². The van der Waals surface area contributed by atoms with Crippen molar-refractivity contribution in [1.82, 2.24) is 5.32 Å². The van der Waals surface area contributed by atoms with Gasteiger partial charge in [0.15, 0.2) is 0 Å². The highest BCUT2D eigenvalue weighted by molar-refractivity contribution is 5.92. The molecule has 1 N–H and O–H groups in total. The second-order valence-corrected chi connectivity index (χ2v) is 4.25. The predicted molar refractivity (Wildman–Crippen MR) is 72.2 cm³/mol. The lowest BCUT2D eigenvalue weighted by atomic mass is 10.2. The highest BCUT2D eigenvalue weighted by Gasteiger charge is 2.12. The summed E-state index contributed by atoms with van der Waals surface area (Å²) in [5, 5.41) is 2.78. The van der Waals surface area contributed by atoms with Gasteiger partial charge in [-0.1, -0.05) is 17.7 Å². The number of urea groups is 1. The molecule has 0 radical (unpaired) electrons. The van der Waals surface area contributed by atoms with E-state index in [2.05, 4.69) is 5.32 Å². The van der Waals surface area contributed by atoms with Crippen molar-refractivity contribution in [2.45, 2.75) is 27.7 Å². The zero-order chi connectivity index (χ0) is 12.8. The Morgan fingerprint density at radius 1 is 1.41 bits per heavy atom. The maximum atomic E-state index is 12.0. The molecule has 17 heavy (non-hydrogen) atoms. The number of nitrogens with one attached hydrogen (secondary N) is 1. The van der Waals surface area contributed by atoms with Crippen LogP contribution in [-0.2, 0) is 0 Å². The van der Waals surface area contributed by atoms with E-state index < -0.39 is 0 Å². The van der Waals surface area contributed by atoms with Crippen LogP contribution in [0.1, 0.15) is 26.3 Å². The number of amides is 2. The molecule has 0 saturated carbocycles. The quantitative estimate of drug-likeness (QED) is 0.850. The van der Waals surface area contributed by atoms with E-state index in [9.17, 15) is 4.79 Å². The van der Waals surface area contributed by atoms with Crippen molar-refractivity contribution < 1.29 is 4.79 Å². The Bertz CT molecular complexity index is 420. The van der Waals surface area contributed by atoms with E-state index in [1.807, 2.05) is 52.0 Å². The third kappa shape index (κ3) is 3.94. The summed E-state index contributed by atoms with van der Waals surface area (Å²) in [6.45, 7) is 8.52. The first-order chi connectivity index (χ1) is 8.04. The van der Waals surface area contributed by atoms with E-state index in [4.69, 9.17) is 0 Å². The molecule has 0 aliphatic heterocycles. The highest BCUT2D eigenvalue weighted by atomic mass is 16.2. The molecule has 3 heteroatoms. The zero-order valence-electron chi connectivity index (χ0n) is 10.9. The molecule has 0 atom stereocenters. The Kier molecular flexibility index (Phi) is 4.76. The van der Waals surface area contributed by atoms with Crippen LogP contribution in [0.25, 0.3) is 0 Å². The number of rotatable bonds is 3.